The number of H-pyrrole nitrogens is 1. The molecule has 2 nitrogen and oxygen atoms in total. The third kappa shape index (κ3) is 1.23. The molecule has 1 aliphatic rings. The lowest BCUT2D eigenvalue weighted by Crippen LogP contribution is -1.92. The maximum absolute atomic E-state index is 3.57. The molecular weight excluding hydrogens is 244 g/mol. The SMILES string of the molecule is c1ccc2c(c1)ccc1cc3c4c([nH]c3cc12)CCN4. The van der Waals surface area contributed by atoms with Crippen molar-refractivity contribution in [1.29, 1.82) is 0 Å². The van der Waals surface area contributed by atoms with Gasteiger partial charge in [0.25, 0.3) is 0 Å². The lowest BCUT2D eigenvalue weighted by Gasteiger charge is -2.05. The molecule has 0 fully saturated rings. The van der Waals surface area contributed by atoms with Crippen LogP contribution in [0.2, 0.25) is 0 Å². The van der Waals surface area contributed by atoms with Crippen LogP contribution in [0.4, 0.5) is 5.69 Å². The molecule has 2 heteroatoms. The van der Waals surface area contributed by atoms with Crippen molar-refractivity contribution in [3.63, 3.8) is 0 Å². The normalized spacial score (nSPS) is 14.0. The summed E-state index contributed by atoms with van der Waals surface area (Å²) >= 11 is 0. The highest BCUT2D eigenvalue weighted by molar-refractivity contribution is 6.13. The summed E-state index contributed by atoms with van der Waals surface area (Å²) < 4.78 is 0. The van der Waals surface area contributed by atoms with E-state index in [9.17, 15) is 0 Å². The molecule has 96 valence electrons. The fourth-order valence-corrected chi connectivity index (χ4v) is 3.45. The van der Waals surface area contributed by atoms with E-state index < -0.39 is 0 Å². The summed E-state index contributed by atoms with van der Waals surface area (Å²) in [6.07, 6.45) is 1.10. The number of aromatic nitrogens is 1. The summed E-state index contributed by atoms with van der Waals surface area (Å²) in [5.41, 5.74) is 3.89. The van der Waals surface area contributed by atoms with Gasteiger partial charge in [0.1, 0.15) is 0 Å². The largest absolute Gasteiger partial charge is 0.383 e. The van der Waals surface area contributed by atoms with Crippen molar-refractivity contribution in [2.75, 3.05) is 11.9 Å². The molecule has 0 amide bonds. The average Bonchev–Trinajstić information content (AvgIpc) is 3.06. The molecular formula is C18H14N2. The first-order chi connectivity index (χ1) is 9.90. The molecule has 1 aliphatic heterocycles. The topological polar surface area (TPSA) is 27.8 Å². The molecule has 0 radical (unpaired) electrons. The van der Waals surface area contributed by atoms with Crippen molar-refractivity contribution in [3.8, 4) is 0 Å². The Morgan fingerprint density at radius 1 is 0.800 bits per heavy atom. The fraction of sp³-hybridized carbons (Fsp3) is 0.111. The van der Waals surface area contributed by atoms with Gasteiger partial charge in [0.15, 0.2) is 0 Å². The predicted octanol–water partition coefficient (Wildman–Crippen LogP) is 4.44. The summed E-state index contributed by atoms with van der Waals surface area (Å²) in [4.78, 5) is 3.57. The van der Waals surface area contributed by atoms with E-state index >= 15 is 0 Å². The summed E-state index contributed by atoms with van der Waals surface area (Å²) in [7, 11) is 0. The second-order valence-corrected chi connectivity index (χ2v) is 5.56. The van der Waals surface area contributed by atoms with Gasteiger partial charge in [-0.1, -0.05) is 36.4 Å². The summed E-state index contributed by atoms with van der Waals surface area (Å²) in [6.45, 7) is 1.05. The lowest BCUT2D eigenvalue weighted by atomic mass is 10.0. The molecule has 0 bridgehead atoms. The highest BCUT2D eigenvalue weighted by Crippen LogP contribution is 2.36. The Morgan fingerprint density at radius 2 is 1.70 bits per heavy atom. The predicted molar refractivity (Wildman–Crippen MR) is 85.5 cm³/mol. The number of fused-ring (bicyclic) bond motifs is 6. The summed E-state index contributed by atoms with van der Waals surface area (Å²) in [6, 6.07) is 17.6. The van der Waals surface area contributed by atoms with Crippen LogP contribution in [0.15, 0.2) is 48.5 Å². The molecule has 5 rings (SSSR count). The van der Waals surface area contributed by atoms with Crippen LogP contribution in [0, 0.1) is 0 Å². The third-order valence-corrected chi connectivity index (χ3v) is 4.42. The van der Waals surface area contributed by atoms with Gasteiger partial charge in [-0.25, -0.2) is 0 Å². The fourth-order valence-electron chi connectivity index (χ4n) is 3.45. The number of hydrogen-bond acceptors (Lipinski definition) is 1. The van der Waals surface area contributed by atoms with Gasteiger partial charge in [-0.2, -0.15) is 0 Å². The highest BCUT2D eigenvalue weighted by atomic mass is 15.0. The van der Waals surface area contributed by atoms with Crippen molar-refractivity contribution in [2.24, 2.45) is 0 Å². The molecule has 2 N–H and O–H groups in total. The smallest absolute Gasteiger partial charge is 0.0632 e. The van der Waals surface area contributed by atoms with Gasteiger partial charge in [-0.3, -0.25) is 0 Å². The molecule has 0 unspecified atom stereocenters. The Balaban J connectivity index is 1.98. The Labute approximate surface area is 116 Å². The van der Waals surface area contributed by atoms with E-state index in [0.717, 1.165) is 13.0 Å². The van der Waals surface area contributed by atoms with Crippen molar-refractivity contribution in [3.05, 3.63) is 54.2 Å². The molecule has 3 aromatic carbocycles. The van der Waals surface area contributed by atoms with E-state index in [0.29, 0.717) is 0 Å². The third-order valence-electron chi connectivity index (χ3n) is 4.42. The number of aromatic amines is 1. The van der Waals surface area contributed by atoms with Gasteiger partial charge in [0.05, 0.1) is 5.69 Å². The number of rotatable bonds is 0. The summed E-state index contributed by atoms with van der Waals surface area (Å²) in [5.74, 6) is 0. The molecule has 0 saturated heterocycles. The minimum atomic E-state index is 1.05. The average molecular weight is 258 g/mol. The Bertz CT molecular complexity index is 979. The van der Waals surface area contributed by atoms with Crippen molar-refractivity contribution >= 4 is 38.1 Å². The van der Waals surface area contributed by atoms with Gasteiger partial charge < -0.3 is 10.3 Å². The molecule has 2 heterocycles. The zero-order valence-corrected chi connectivity index (χ0v) is 11.0. The minimum Gasteiger partial charge on any atom is -0.383 e. The summed E-state index contributed by atoms with van der Waals surface area (Å²) in [5, 5.41) is 10.1. The second-order valence-electron chi connectivity index (χ2n) is 5.56. The lowest BCUT2D eigenvalue weighted by molar-refractivity contribution is 1.06. The van der Waals surface area contributed by atoms with Gasteiger partial charge >= 0.3 is 0 Å². The molecule has 4 aromatic rings. The van der Waals surface area contributed by atoms with E-state index in [1.807, 2.05) is 0 Å². The Kier molecular flexibility index (Phi) is 1.83. The first-order valence-corrected chi connectivity index (χ1v) is 7.10. The highest BCUT2D eigenvalue weighted by Gasteiger charge is 2.16. The van der Waals surface area contributed by atoms with Crippen LogP contribution < -0.4 is 5.32 Å². The van der Waals surface area contributed by atoms with Crippen LogP contribution in [0.25, 0.3) is 32.4 Å². The number of nitrogens with one attached hydrogen (secondary N) is 2. The quantitative estimate of drug-likeness (QED) is 0.448. The molecule has 1 aromatic heterocycles. The Hall–Kier alpha value is -2.48. The van der Waals surface area contributed by atoms with Gasteiger partial charge in [0, 0.05) is 29.6 Å². The van der Waals surface area contributed by atoms with Crippen LogP contribution in [0.1, 0.15) is 5.69 Å². The molecule has 0 saturated carbocycles. The first-order valence-electron chi connectivity index (χ1n) is 7.10. The standard InChI is InChI=1S/C18H14N2/c1-2-4-13-11(3-1)5-6-12-9-15-17(10-14(12)13)20-16-7-8-19-18(15)16/h1-6,9-10,19-20H,7-8H2. The van der Waals surface area contributed by atoms with E-state index in [2.05, 4.69) is 58.8 Å². The number of anilines is 1. The van der Waals surface area contributed by atoms with Crippen LogP contribution >= 0.6 is 0 Å². The minimum absolute atomic E-state index is 1.05. The van der Waals surface area contributed by atoms with Crippen LogP contribution in [-0.2, 0) is 6.42 Å². The van der Waals surface area contributed by atoms with E-state index in [4.69, 9.17) is 0 Å². The molecule has 0 spiro atoms. The van der Waals surface area contributed by atoms with Crippen molar-refractivity contribution in [2.45, 2.75) is 6.42 Å². The van der Waals surface area contributed by atoms with Crippen LogP contribution in [0.3, 0.4) is 0 Å². The maximum atomic E-state index is 3.57. The van der Waals surface area contributed by atoms with Gasteiger partial charge in [-0.05, 0) is 33.7 Å². The van der Waals surface area contributed by atoms with E-state index in [1.165, 1.54) is 43.8 Å². The molecule has 0 atom stereocenters. The maximum Gasteiger partial charge on any atom is 0.0632 e. The zero-order chi connectivity index (χ0) is 13.1. The van der Waals surface area contributed by atoms with Gasteiger partial charge in [0.2, 0.25) is 0 Å². The first kappa shape index (κ1) is 10.3. The zero-order valence-electron chi connectivity index (χ0n) is 11.0. The second kappa shape index (κ2) is 3.54. The van der Waals surface area contributed by atoms with Crippen LogP contribution in [0.5, 0.6) is 0 Å². The van der Waals surface area contributed by atoms with E-state index in [1.54, 1.807) is 0 Å². The number of hydrogen-bond donors (Lipinski definition) is 2. The van der Waals surface area contributed by atoms with Crippen LogP contribution in [-0.4, -0.2) is 11.5 Å². The Morgan fingerprint density at radius 3 is 2.70 bits per heavy atom. The van der Waals surface area contributed by atoms with Crippen molar-refractivity contribution in [1.82, 2.24) is 4.98 Å². The monoisotopic (exact) mass is 258 g/mol. The molecule has 0 aliphatic carbocycles. The molecule has 20 heavy (non-hydrogen) atoms. The van der Waals surface area contributed by atoms with Crippen molar-refractivity contribution < 1.29 is 0 Å². The van der Waals surface area contributed by atoms with Gasteiger partial charge in [-0.15, -0.1) is 0 Å². The van der Waals surface area contributed by atoms with E-state index in [-0.39, 0.29) is 0 Å². The number of benzene rings is 3.